The van der Waals surface area contributed by atoms with Crippen LogP contribution in [0.5, 0.6) is 0 Å². The number of carbonyl (C=O) groups excluding carboxylic acids is 1. The maximum Gasteiger partial charge on any atom is 0.250 e. The van der Waals surface area contributed by atoms with Crippen molar-refractivity contribution in [1.82, 2.24) is 5.32 Å². The Morgan fingerprint density at radius 2 is 2.29 bits per heavy atom. The molecule has 1 N–H and O–H groups in total. The Labute approximate surface area is 104 Å². The summed E-state index contributed by atoms with van der Waals surface area (Å²) in [7, 11) is 0. The first-order chi connectivity index (χ1) is 8.10. The number of aliphatic imine (C=N–C) groups is 1. The zero-order valence-electron chi connectivity index (χ0n) is 9.34. The number of amidine groups is 1. The van der Waals surface area contributed by atoms with Gasteiger partial charge in [-0.2, -0.15) is 0 Å². The van der Waals surface area contributed by atoms with Crippen molar-refractivity contribution >= 4 is 23.3 Å². The van der Waals surface area contributed by atoms with Gasteiger partial charge in [0, 0.05) is 11.4 Å². The second-order valence-electron chi connectivity index (χ2n) is 3.90. The van der Waals surface area contributed by atoms with Gasteiger partial charge in [0.1, 0.15) is 17.7 Å². The van der Waals surface area contributed by atoms with Gasteiger partial charge in [0.2, 0.25) is 5.91 Å². The highest BCUT2D eigenvalue weighted by Crippen LogP contribution is 2.19. The molecule has 3 nitrogen and oxygen atoms in total. The van der Waals surface area contributed by atoms with Gasteiger partial charge in [-0.05, 0) is 24.1 Å². The third-order valence-corrected chi connectivity index (χ3v) is 2.99. The molecule has 0 aliphatic carbocycles. The molecule has 1 aliphatic heterocycles. The molecule has 1 heterocycles. The van der Waals surface area contributed by atoms with Gasteiger partial charge < -0.3 is 5.32 Å². The minimum Gasteiger partial charge on any atom is -0.312 e. The second kappa shape index (κ2) is 4.84. The fourth-order valence-corrected chi connectivity index (χ4v) is 1.95. The molecule has 0 fully saturated rings. The Balaban J connectivity index is 2.14. The first-order valence-corrected chi connectivity index (χ1v) is 5.79. The van der Waals surface area contributed by atoms with Crippen LogP contribution < -0.4 is 5.32 Å². The summed E-state index contributed by atoms with van der Waals surface area (Å²) in [5, 5.41) is 3.05. The molecule has 5 heteroatoms. The van der Waals surface area contributed by atoms with E-state index in [2.05, 4.69) is 10.3 Å². The van der Waals surface area contributed by atoms with Crippen LogP contribution >= 0.6 is 11.6 Å². The largest absolute Gasteiger partial charge is 0.312 e. The average Bonchev–Trinajstić information content (AvgIpc) is 2.63. The highest BCUT2D eigenvalue weighted by Gasteiger charge is 2.24. The van der Waals surface area contributed by atoms with E-state index in [1.165, 1.54) is 12.1 Å². The maximum absolute atomic E-state index is 12.9. The van der Waals surface area contributed by atoms with Crippen LogP contribution in [0.3, 0.4) is 0 Å². The molecule has 1 aromatic carbocycles. The van der Waals surface area contributed by atoms with Gasteiger partial charge in [-0.1, -0.05) is 24.6 Å². The van der Waals surface area contributed by atoms with E-state index in [4.69, 9.17) is 11.6 Å². The Kier molecular flexibility index (Phi) is 3.43. The van der Waals surface area contributed by atoms with E-state index in [1.54, 1.807) is 6.07 Å². The van der Waals surface area contributed by atoms with E-state index in [1.807, 2.05) is 6.92 Å². The van der Waals surface area contributed by atoms with Gasteiger partial charge in [-0.3, -0.25) is 9.79 Å². The van der Waals surface area contributed by atoms with Gasteiger partial charge in [0.05, 0.1) is 0 Å². The van der Waals surface area contributed by atoms with Crippen molar-refractivity contribution in [1.29, 1.82) is 0 Å². The lowest BCUT2D eigenvalue weighted by atomic mass is 10.1. The maximum atomic E-state index is 12.9. The van der Waals surface area contributed by atoms with Crippen LogP contribution in [0.15, 0.2) is 23.2 Å². The van der Waals surface area contributed by atoms with Crippen molar-refractivity contribution < 1.29 is 9.18 Å². The Bertz CT molecular complexity index is 487. The molecular weight excluding hydrogens is 243 g/mol. The standard InChI is InChI=1S/C12H12ClFN2O/c1-2-10-12(17)16-11(15-10)5-7-3-4-8(14)6-9(7)13/h3-4,6,10H,2,5H2,1H3,(H,15,16,17). The summed E-state index contributed by atoms with van der Waals surface area (Å²) in [4.78, 5) is 15.7. The molecule has 0 bridgehead atoms. The topological polar surface area (TPSA) is 41.5 Å². The van der Waals surface area contributed by atoms with Crippen molar-refractivity contribution in [2.45, 2.75) is 25.8 Å². The number of halogens is 2. The lowest BCUT2D eigenvalue weighted by Gasteiger charge is -2.04. The van der Waals surface area contributed by atoms with Crippen LogP contribution in [0.4, 0.5) is 4.39 Å². The molecule has 2 rings (SSSR count). The molecule has 1 aromatic rings. The molecule has 0 radical (unpaired) electrons. The van der Waals surface area contributed by atoms with Crippen molar-refractivity contribution in [3.63, 3.8) is 0 Å². The van der Waals surface area contributed by atoms with E-state index < -0.39 is 0 Å². The van der Waals surface area contributed by atoms with Crippen molar-refractivity contribution in [3.8, 4) is 0 Å². The average molecular weight is 255 g/mol. The van der Waals surface area contributed by atoms with Crippen molar-refractivity contribution in [2.75, 3.05) is 0 Å². The number of amides is 1. The van der Waals surface area contributed by atoms with Crippen molar-refractivity contribution in [2.24, 2.45) is 4.99 Å². The summed E-state index contributed by atoms with van der Waals surface area (Å²) >= 11 is 5.91. The van der Waals surface area contributed by atoms with Gasteiger partial charge in [-0.25, -0.2) is 4.39 Å². The summed E-state index contributed by atoms with van der Waals surface area (Å²) in [5.74, 6) is 0.138. The normalized spacial score (nSPS) is 19.1. The summed E-state index contributed by atoms with van der Waals surface area (Å²) in [6, 6.07) is 3.90. The minimum atomic E-state index is -0.373. The number of nitrogens with zero attached hydrogens (tertiary/aromatic N) is 1. The summed E-state index contributed by atoms with van der Waals surface area (Å²) in [5.41, 5.74) is 0.754. The quantitative estimate of drug-likeness (QED) is 0.884. The van der Waals surface area contributed by atoms with E-state index in [9.17, 15) is 9.18 Å². The second-order valence-corrected chi connectivity index (χ2v) is 4.31. The van der Waals surface area contributed by atoms with Crippen LogP contribution in [0, 0.1) is 5.82 Å². The fourth-order valence-electron chi connectivity index (χ4n) is 1.72. The summed E-state index contributed by atoms with van der Waals surface area (Å²) in [6.07, 6.45) is 1.09. The SMILES string of the molecule is CCC1N=C(Cc2ccc(F)cc2Cl)NC1=O. The van der Waals surface area contributed by atoms with Gasteiger partial charge in [0.15, 0.2) is 0 Å². The zero-order chi connectivity index (χ0) is 12.4. The lowest BCUT2D eigenvalue weighted by Crippen LogP contribution is -2.29. The number of hydrogen-bond acceptors (Lipinski definition) is 2. The van der Waals surface area contributed by atoms with E-state index in [0.717, 1.165) is 5.56 Å². The number of nitrogens with one attached hydrogen (secondary N) is 1. The molecule has 1 unspecified atom stereocenters. The number of carbonyl (C=O) groups is 1. The van der Waals surface area contributed by atoms with Crippen molar-refractivity contribution in [3.05, 3.63) is 34.6 Å². The molecule has 90 valence electrons. The smallest absolute Gasteiger partial charge is 0.250 e. The predicted octanol–water partition coefficient (Wildman–Crippen LogP) is 2.33. The minimum absolute atomic E-state index is 0.0827. The fraction of sp³-hybridized carbons (Fsp3) is 0.333. The molecule has 1 atom stereocenters. The molecule has 0 aromatic heterocycles. The lowest BCUT2D eigenvalue weighted by molar-refractivity contribution is -0.120. The molecule has 0 spiro atoms. The monoisotopic (exact) mass is 254 g/mol. The predicted molar refractivity (Wildman–Crippen MR) is 64.8 cm³/mol. The molecule has 1 aliphatic rings. The van der Waals surface area contributed by atoms with Crippen LogP contribution in [0.1, 0.15) is 18.9 Å². The Hall–Kier alpha value is -1.42. The first-order valence-electron chi connectivity index (χ1n) is 5.41. The molecule has 0 saturated heterocycles. The molecule has 17 heavy (non-hydrogen) atoms. The van der Waals surface area contributed by atoms with E-state index in [-0.39, 0.29) is 17.8 Å². The number of hydrogen-bond donors (Lipinski definition) is 1. The number of benzene rings is 1. The highest BCUT2D eigenvalue weighted by atomic mass is 35.5. The molecular formula is C12H12ClFN2O. The molecule has 1 amide bonds. The zero-order valence-corrected chi connectivity index (χ0v) is 10.1. The van der Waals surface area contributed by atoms with Crippen LogP contribution in [-0.2, 0) is 11.2 Å². The van der Waals surface area contributed by atoms with Crippen LogP contribution in [-0.4, -0.2) is 17.8 Å². The van der Waals surface area contributed by atoms with Crippen LogP contribution in [0.2, 0.25) is 5.02 Å². The van der Waals surface area contributed by atoms with E-state index in [0.29, 0.717) is 23.7 Å². The first kappa shape index (κ1) is 12.0. The summed E-state index contributed by atoms with van der Waals surface area (Å²) < 4.78 is 12.9. The van der Waals surface area contributed by atoms with Gasteiger partial charge in [-0.15, -0.1) is 0 Å². The van der Waals surface area contributed by atoms with E-state index >= 15 is 0 Å². The van der Waals surface area contributed by atoms with Crippen LogP contribution in [0.25, 0.3) is 0 Å². The summed E-state index contributed by atoms with van der Waals surface area (Å²) in [6.45, 7) is 1.90. The Morgan fingerprint density at radius 1 is 1.53 bits per heavy atom. The third-order valence-electron chi connectivity index (χ3n) is 2.64. The van der Waals surface area contributed by atoms with Gasteiger partial charge in [0.25, 0.3) is 0 Å². The Morgan fingerprint density at radius 3 is 2.88 bits per heavy atom. The number of rotatable bonds is 3. The molecule has 0 saturated carbocycles. The third kappa shape index (κ3) is 2.64. The highest BCUT2D eigenvalue weighted by molar-refractivity contribution is 6.31. The van der Waals surface area contributed by atoms with Gasteiger partial charge >= 0.3 is 0 Å².